The molecule has 0 unspecified atom stereocenters. The van der Waals surface area contributed by atoms with Gasteiger partial charge in [0, 0.05) is 35.9 Å². The van der Waals surface area contributed by atoms with Crippen molar-refractivity contribution in [2.45, 2.75) is 59.1 Å². The van der Waals surface area contributed by atoms with E-state index >= 15 is 0 Å². The first kappa shape index (κ1) is 21.8. The zero-order valence-corrected chi connectivity index (χ0v) is 18.6. The molecule has 3 heterocycles. The van der Waals surface area contributed by atoms with Crippen molar-refractivity contribution in [3.8, 4) is 17.0 Å². The van der Waals surface area contributed by atoms with Crippen molar-refractivity contribution >= 4 is 17.6 Å². The molecule has 31 heavy (non-hydrogen) atoms. The first-order valence-corrected chi connectivity index (χ1v) is 10.6. The van der Waals surface area contributed by atoms with Gasteiger partial charge in [-0.15, -0.1) is 0 Å². The van der Waals surface area contributed by atoms with Crippen LogP contribution in [-0.2, 0) is 17.6 Å². The third kappa shape index (κ3) is 3.63. The van der Waals surface area contributed by atoms with Crippen molar-refractivity contribution in [2.24, 2.45) is 5.41 Å². The number of benzene rings is 1. The summed E-state index contributed by atoms with van der Waals surface area (Å²) in [5, 5.41) is 0.236. The molecule has 0 aliphatic carbocycles. The van der Waals surface area contributed by atoms with Crippen molar-refractivity contribution in [2.75, 3.05) is 6.61 Å². The van der Waals surface area contributed by atoms with Crippen LogP contribution in [0.15, 0.2) is 23.1 Å². The number of fused-ring (bicyclic) bond motifs is 5. The molecule has 0 fully saturated rings. The Kier molecular flexibility index (Phi) is 5.36. The molecule has 0 spiro atoms. The quantitative estimate of drug-likeness (QED) is 0.612. The molecule has 0 bridgehead atoms. The van der Waals surface area contributed by atoms with Gasteiger partial charge >= 0.3 is 5.97 Å². The molecule has 0 saturated carbocycles. The highest BCUT2D eigenvalue weighted by Gasteiger charge is 2.40. The molecule has 166 valence electrons. The average Bonchev–Trinajstić information content (AvgIpc) is 3.13. The predicted octanol–water partition coefficient (Wildman–Crippen LogP) is 5.06. The fraction of sp³-hybridized carbons (Fsp3) is 0.478. The molecule has 2 aliphatic rings. The summed E-state index contributed by atoms with van der Waals surface area (Å²) in [7, 11) is 0. The summed E-state index contributed by atoms with van der Waals surface area (Å²) in [6.07, 6.45) is -1.70. The van der Waals surface area contributed by atoms with E-state index in [1.54, 1.807) is 19.2 Å². The van der Waals surface area contributed by atoms with Gasteiger partial charge in [-0.05, 0) is 30.4 Å². The third-order valence-corrected chi connectivity index (χ3v) is 6.27. The Bertz CT molecular complexity index is 1120. The van der Waals surface area contributed by atoms with Crippen LogP contribution in [0.3, 0.4) is 0 Å². The number of rotatable bonds is 3. The number of carbonyl (C=O) groups excluding carboxylic acids is 1. The monoisotopic (exact) mass is 451 g/mol. The Balaban J connectivity index is 1.95. The zero-order valence-electron chi connectivity index (χ0n) is 17.8. The van der Waals surface area contributed by atoms with Crippen LogP contribution in [0.5, 0.6) is 5.75 Å². The van der Waals surface area contributed by atoms with Crippen LogP contribution < -0.4 is 10.2 Å². The summed E-state index contributed by atoms with van der Waals surface area (Å²) in [6, 6.07) is 2.95. The van der Waals surface area contributed by atoms with Crippen LogP contribution in [0.1, 0.15) is 55.2 Å². The molecule has 4 rings (SSSR count). The summed E-state index contributed by atoms with van der Waals surface area (Å²) >= 11 is 6.40. The smallest absolute Gasteiger partial charge is 0.343 e. The maximum atomic E-state index is 13.4. The second-order valence-corrected chi connectivity index (χ2v) is 9.44. The number of hydrogen-bond donors (Lipinski definition) is 0. The van der Waals surface area contributed by atoms with E-state index in [0.717, 1.165) is 5.56 Å². The maximum absolute atomic E-state index is 13.4. The predicted molar refractivity (Wildman–Crippen MR) is 113 cm³/mol. The molecular formula is C23H24ClF2NO4. The molecule has 2 aliphatic heterocycles. The van der Waals surface area contributed by atoms with Crippen LogP contribution in [0.4, 0.5) is 8.78 Å². The van der Waals surface area contributed by atoms with E-state index in [0.29, 0.717) is 29.0 Å². The van der Waals surface area contributed by atoms with E-state index in [-0.39, 0.29) is 35.1 Å². The lowest BCUT2D eigenvalue weighted by Crippen LogP contribution is -2.33. The van der Waals surface area contributed by atoms with Crippen molar-refractivity contribution in [3.05, 3.63) is 50.3 Å². The van der Waals surface area contributed by atoms with Crippen LogP contribution in [0.2, 0.25) is 5.02 Å². The molecule has 2 atom stereocenters. The molecule has 0 N–H and O–H groups in total. The molecule has 0 radical (unpaired) electrons. The average molecular weight is 452 g/mol. The van der Waals surface area contributed by atoms with Crippen LogP contribution in [0, 0.1) is 5.41 Å². The van der Waals surface area contributed by atoms with Crippen molar-refractivity contribution in [3.63, 3.8) is 0 Å². The highest BCUT2D eigenvalue weighted by molar-refractivity contribution is 6.32. The lowest BCUT2D eigenvalue weighted by molar-refractivity contribution is 0.0246. The van der Waals surface area contributed by atoms with Gasteiger partial charge < -0.3 is 14.0 Å². The molecule has 5 nitrogen and oxygen atoms in total. The number of nitrogens with zero attached hydrogens (tertiary/aromatic N) is 1. The standard InChI is InChI=1S/C23H24ClF2NO4/c1-5-30-22(29)14-10-27-16(9-17(14)28)12-6-15(24)20-13(7-18(31-20)21(25)26)11(12)8-19(27)23(2,3)4/h6,9-10,18-19,21H,5,7-8H2,1-4H3/t18-,19+/m1/s1. The first-order chi connectivity index (χ1) is 14.5. The number of halogens is 3. The number of aromatic nitrogens is 1. The van der Waals surface area contributed by atoms with Gasteiger partial charge in [-0.1, -0.05) is 32.4 Å². The Morgan fingerprint density at radius 2 is 2.00 bits per heavy atom. The number of pyridine rings is 1. The summed E-state index contributed by atoms with van der Waals surface area (Å²) in [6.45, 7) is 8.02. The SMILES string of the molecule is CCOC(=O)c1cn2c(cc1=O)-c1cc(Cl)c3c(c1C[C@H]2C(C)(C)C)C[C@H](C(F)F)O3. The van der Waals surface area contributed by atoms with Gasteiger partial charge in [-0.25, -0.2) is 13.6 Å². The Hall–Kier alpha value is -2.41. The molecule has 0 amide bonds. The molecule has 1 aromatic heterocycles. The van der Waals surface area contributed by atoms with Gasteiger partial charge in [0.25, 0.3) is 6.43 Å². The number of hydrogen-bond acceptors (Lipinski definition) is 4. The number of ether oxygens (including phenoxy) is 2. The van der Waals surface area contributed by atoms with Gasteiger partial charge in [-0.3, -0.25) is 4.79 Å². The Morgan fingerprint density at radius 1 is 1.29 bits per heavy atom. The summed E-state index contributed by atoms with van der Waals surface area (Å²) < 4.78 is 39.1. The van der Waals surface area contributed by atoms with Gasteiger partial charge in [0.15, 0.2) is 11.5 Å². The van der Waals surface area contributed by atoms with Crippen molar-refractivity contribution in [1.29, 1.82) is 0 Å². The number of alkyl halides is 2. The molecule has 2 aromatic rings. The zero-order chi connectivity index (χ0) is 22.7. The largest absolute Gasteiger partial charge is 0.482 e. The molecule has 0 saturated heterocycles. The van der Waals surface area contributed by atoms with E-state index in [2.05, 4.69) is 20.8 Å². The summed E-state index contributed by atoms with van der Waals surface area (Å²) in [4.78, 5) is 25.1. The minimum Gasteiger partial charge on any atom is -0.482 e. The topological polar surface area (TPSA) is 57.5 Å². The fourth-order valence-corrected chi connectivity index (χ4v) is 4.73. The Morgan fingerprint density at radius 3 is 2.61 bits per heavy atom. The first-order valence-electron chi connectivity index (χ1n) is 10.3. The fourth-order valence-electron chi connectivity index (χ4n) is 4.46. The van der Waals surface area contributed by atoms with E-state index < -0.39 is 23.9 Å². The number of carbonyl (C=O) groups is 1. The highest BCUT2D eigenvalue weighted by Crippen LogP contribution is 2.49. The lowest BCUT2D eigenvalue weighted by atomic mass is 9.77. The third-order valence-electron chi connectivity index (χ3n) is 5.99. The van der Waals surface area contributed by atoms with Gasteiger partial charge in [0.05, 0.1) is 17.3 Å². The second-order valence-electron chi connectivity index (χ2n) is 9.04. The molecule has 1 aromatic carbocycles. The van der Waals surface area contributed by atoms with Crippen LogP contribution in [0.25, 0.3) is 11.3 Å². The minimum absolute atomic E-state index is 0.0309. The van der Waals surface area contributed by atoms with Crippen LogP contribution >= 0.6 is 11.6 Å². The van der Waals surface area contributed by atoms with Crippen LogP contribution in [-0.4, -0.2) is 29.7 Å². The number of esters is 1. The van der Waals surface area contributed by atoms with E-state index in [4.69, 9.17) is 21.1 Å². The second kappa shape index (κ2) is 7.62. The van der Waals surface area contributed by atoms with Gasteiger partial charge in [0.1, 0.15) is 11.3 Å². The summed E-state index contributed by atoms with van der Waals surface area (Å²) in [5.74, 6) is -0.362. The molecule has 8 heteroatoms. The van der Waals surface area contributed by atoms with Crippen molar-refractivity contribution < 1.29 is 23.0 Å². The van der Waals surface area contributed by atoms with E-state index in [1.807, 2.05) is 4.57 Å². The van der Waals surface area contributed by atoms with E-state index in [1.165, 1.54) is 6.07 Å². The molecular weight excluding hydrogens is 428 g/mol. The summed E-state index contributed by atoms with van der Waals surface area (Å²) in [5.41, 5.74) is 2.11. The normalized spacial score (nSPS) is 19.5. The maximum Gasteiger partial charge on any atom is 0.343 e. The van der Waals surface area contributed by atoms with E-state index in [9.17, 15) is 18.4 Å². The Labute approximate surface area is 183 Å². The lowest BCUT2D eigenvalue weighted by Gasteiger charge is -2.39. The van der Waals surface area contributed by atoms with Gasteiger partial charge in [-0.2, -0.15) is 0 Å². The van der Waals surface area contributed by atoms with Gasteiger partial charge in [0.2, 0.25) is 0 Å². The van der Waals surface area contributed by atoms with Crippen molar-refractivity contribution in [1.82, 2.24) is 4.57 Å². The highest BCUT2D eigenvalue weighted by atomic mass is 35.5. The minimum atomic E-state index is -2.62.